The van der Waals surface area contributed by atoms with E-state index in [0.29, 0.717) is 12.3 Å². The summed E-state index contributed by atoms with van der Waals surface area (Å²) in [6.45, 7) is -0.602. The average Bonchev–Trinajstić information content (AvgIpc) is 2.72. The molecule has 0 N–H and O–H groups in total. The SMILES string of the molecule is COC1C[C@H](C2CCC2)O[C@@H]1COP(=O)([O-])OP(=O)([O-])OP(=O)([O-])[O-]. The molecule has 0 aromatic heterocycles. The molecule has 5 atom stereocenters. The predicted molar refractivity (Wildman–Crippen MR) is 72.4 cm³/mol. The van der Waals surface area contributed by atoms with E-state index < -0.39 is 42.3 Å². The molecule has 12 nitrogen and oxygen atoms in total. The number of ether oxygens (including phenoxy) is 2. The largest absolute Gasteiger partial charge is 0.790 e. The molecule has 0 bridgehead atoms. The van der Waals surface area contributed by atoms with Crippen molar-refractivity contribution in [2.75, 3.05) is 13.7 Å². The standard InChI is InChI=1S/C10H21O12P3/c1-18-9-5-8(7-3-2-4-7)20-10(9)6-19-24(14,15)22-25(16,17)21-23(11,12)13/h7-10H,2-6H2,1H3,(H,14,15)(H,16,17)(H2,11,12,13)/p-4/t8-,9?,10-/m1/s1. The van der Waals surface area contributed by atoms with Crippen molar-refractivity contribution < 1.29 is 55.9 Å². The van der Waals surface area contributed by atoms with Crippen molar-refractivity contribution in [1.29, 1.82) is 0 Å². The second-order valence-electron chi connectivity index (χ2n) is 5.71. The van der Waals surface area contributed by atoms with Crippen LogP contribution in [0.3, 0.4) is 0 Å². The van der Waals surface area contributed by atoms with Gasteiger partial charge >= 0.3 is 0 Å². The zero-order valence-electron chi connectivity index (χ0n) is 13.1. The average molecular weight is 422 g/mol. The van der Waals surface area contributed by atoms with Gasteiger partial charge in [0, 0.05) is 13.5 Å². The molecule has 15 heteroatoms. The van der Waals surface area contributed by atoms with E-state index in [9.17, 15) is 33.3 Å². The summed E-state index contributed by atoms with van der Waals surface area (Å²) >= 11 is 0. The van der Waals surface area contributed by atoms with Crippen molar-refractivity contribution >= 4 is 23.5 Å². The maximum Gasteiger partial charge on any atom is 0.278 e. The third-order valence-corrected chi connectivity index (χ3v) is 7.67. The van der Waals surface area contributed by atoms with Crippen LogP contribution >= 0.6 is 23.5 Å². The molecule has 25 heavy (non-hydrogen) atoms. The summed E-state index contributed by atoms with van der Waals surface area (Å²) < 4.78 is 54.7. The highest BCUT2D eigenvalue weighted by Gasteiger charge is 2.41. The van der Waals surface area contributed by atoms with Crippen LogP contribution in [0.15, 0.2) is 0 Å². The van der Waals surface area contributed by atoms with E-state index in [1.54, 1.807) is 0 Å². The number of methoxy groups -OCH3 is 1. The Bertz CT molecular complexity index is 600. The fourth-order valence-electron chi connectivity index (χ4n) is 2.71. The van der Waals surface area contributed by atoms with Gasteiger partial charge in [0.15, 0.2) is 0 Å². The Morgan fingerprint density at radius 1 is 1.04 bits per heavy atom. The van der Waals surface area contributed by atoms with E-state index in [1.165, 1.54) is 7.11 Å². The Kier molecular flexibility index (Phi) is 7.04. The molecule has 1 saturated heterocycles. The molecule has 2 rings (SSSR count). The van der Waals surface area contributed by atoms with Crippen molar-refractivity contribution in [3.63, 3.8) is 0 Å². The first kappa shape index (κ1) is 21.6. The number of phosphoric acid groups is 3. The summed E-state index contributed by atoms with van der Waals surface area (Å²) in [6, 6.07) is 0. The van der Waals surface area contributed by atoms with E-state index >= 15 is 0 Å². The molecule has 1 saturated carbocycles. The maximum absolute atomic E-state index is 11.5. The molecule has 148 valence electrons. The topological polar surface area (TPSA) is 190 Å². The molecule has 2 aliphatic rings. The van der Waals surface area contributed by atoms with Crippen LogP contribution in [0.4, 0.5) is 0 Å². The molecular formula is C10H17O12P3-4. The molecule has 3 unspecified atom stereocenters. The van der Waals surface area contributed by atoms with E-state index in [1.807, 2.05) is 0 Å². The fraction of sp³-hybridized carbons (Fsp3) is 1.00. The molecule has 0 spiro atoms. The molecule has 0 amide bonds. The summed E-state index contributed by atoms with van der Waals surface area (Å²) in [6.07, 6.45) is 2.29. The molecule has 0 radical (unpaired) electrons. The van der Waals surface area contributed by atoms with Gasteiger partial charge in [-0.15, -0.1) is 0 Å². The Hall–Kier alpha value is 0.330. The second-order valence-corrected chi connectivity index (χ2v) is 9.96. The Labute approximate surface area is 143 Å². The first-order chi connectivity index (χ1) is 11.4. The Morgan fingerprint density at radius 3 is 2.16 bits per heavy atom. The van der Waals surface area contributed by atoms with Crippen molar-refractivity contribution in [2.24, 2.45) is 5.92 Å². The summed E-state index contributed by atoms with van der Waals surface area (Å²) in [4.78, 5) is 43.1. The highest BCUT2D eigenvalue weighted by Crippen LogP contribution is 2.60. The quantitative estimate of drug-likeness (QED) is 0.403. The zero-order chi connectivity index (χ0) is 18.9. The number of phosphoric ester groups is 1. The van der Waals surface area contributed by atoms with Gasteiger partial charge < -0.3 is 38.1 Å². The molecule has 1 heterocycles. The van der Waals surface area contributed by atoms with Gasteiger partial charge in [0.1, 0.15) is 6.10 Å². The van der Waals surface area contributed by atoms with E-state index in [4.69, 9.17) is 9.47 Å². The second kappa shape index (κ2) is 8.14. The molecule has 2 fully saturated rings. The lowest BCUT2D eigenvalue weighted by atomic mass is 9.80. The summed E-state index contributed by atoms with van der Waals surface area (Å²) in [5.41, 5.74) is 0. The minimum atomic E-state index is -6.00. The zero-order valence-corrected chi connectivity index (χ0v) is 15.8. The maximum atomic E-state index is 11.5. The van der Waals surface area contributed by atoms with Gasteiger partial charge in [0.05, 0.1) is 26.6 Å². The number of hydrogen-bond donors (Lipinski definition) is 0. The molecule has 1 aliphatic carbocycles. The monoisotopic (exact) mass is 422 g/mol. The lowest BCUT2D eigenvalue weighted by molar-refractivity contribution is -0.339. The number of hydrogen-bond acceptors (Lipinski definition) is 12. The van der Waals surface area contributed by atoms with Crippen LogP contribution in [0.5, 0.6) is 0 Å². The van der Waals surface area contributed by atoms with Crippen LogP contribution in [0.2, 0.25) is 0 Å². The number of rotatable bonds is 9. The normalized spacial score (nSPS) is 32.8. The minimum Gasteiger partial charge on any atom is -0.790 e. The predicted octanol–water partition coefficient (Wildman–Crippen LogP) is -1.23. The van der Waals surface area contributed by atoms with Gasteiger partial charge in [0.2, 0.25) is 0 Å². The minimum absolute atomic E-state index is 0.111. The highest BCUT2D eigenvalue weighted by atomic mass is 31.3. The van der Waals surface area contributed by atoms with Gasteiger partial charge in [-0.1, -0.05) is 6.42 Å². The van der Waals surface area contributed by atoms with Gasteiger partial charge in [-0.3, -0.25) is 13.4 Å². The van der Waals surface area contributed by atoms with E-state index in [2.05, 4.69) is 13.1 Å². The molecule has 0 aromatic carbocycles. The highest BCUT2D eigenvalue weighted by molar-refractivity contribution is 7.64. The van der Waals surface area contributed by atoms with Crippen LogP contribution in [-0.2, 0) is 36.3 Å². The van der Waals surface area contributed by atoms with Crippen molar-refractivity contribution in [1.82, 2.24) is 0 Å². The van der Waals surface area contributed by atoms with Gasteiger partial charge in [-0.2, -0.15) is 0 Å². The molecule has 0 aromatic rings. The summed E-state index contributed by atoms with van der Waals surface area (Å²) in [7, 11) is -16.1. The van der Waals surface area contributed by atoms with Crippen molar-refractivity contribution in [2.45, 2.75) is 44.0 Å². The molecular weight excluding hydrogens is 405 g/mol. The van der Waals surface area contributed by atoms with Crippen LogP contribution in [0.25, 0.3) is 0 Å². The van der Waals surface area contributed by atoms with Crippen LogP contribution in [0, 0.1) is 5.92 Å². The first-order valence-electron chi connectivity index (χ1n) is 7.30. The first-order valence-corrected chi connectivity index (χ1v) is 11.7. The smallest absolute Gasteiger partial charge is 0.278 e. The Balaban J connectivity index is 1.88. The molecule has 1 aliphatic heterocycles. The lowest BCUT2D eigenvalue weighted by Crippen LogP contribution is -2.30. The summed E-state index contributed by atoms with van der Waals surface area (Å²) in [5.74, 6) is 0.358. The lowest BCUT2D eigenvalue weighted by Gasteiger charge is -2.37. The van der Waals surface area contributed by atoms with Crippen LogP contribution in [-0.4, -0.2) is 32.0 Å². The van der Waals surface area contributed by atoms with Crippen LogP contribution < -0.4 is 19.6 Å². The third kappa shape index (κ3) is 6.77. The van der Waals surface area contributed by atoms with E-state index in [-0.39, 0.29) is 6.10 Å². The van der Waals surface area contributed by atoms with Crippen LogP contribution in [0.1, 0.15) is 25.7 Å². The Morgan fingerprint density at radius 2 is 1.68 bits per heavy atom. The third-order valence-electron chi connectivity index (χ3n) is 4.00. The van der Waals surface area contributed by atoms with Crippen molar-refractivity contribution in [3.8, 4) is 0 Å². The van der Waals surface area contributed by atoms with Gasteiger partial charge in [-0.25, -0.2) is 4.31 Å². The van der Waals surface area contributed by atoms with E-state index in [0.717, 1.165) is 19.3 Å². The van der Waals surface area contributed by atoms with Crippen molar-refractivity contribution in [3.05, 3.63) is 0 Å². The van der Waals surface area contributed by atoms with Gasteiger partial charge in [0.25, 0.3) is 15.6 Å². The summed E-state index contributed by atoms with van der Waals surface area (Å²) in [5, 5.41) is 0. The van der Waals surface area contributed by atoms with Gasteiger partial charge in [-0.05, 0) is 18.8 Å². The fourth-order valence-corrected chi connectivity index (χ4v) is 5.57.